The molecule has 0 aliphatic rings. The highest BCUT2D eigenvalue weighted by atomic mass is 16.5. The summed E-state index contributed by atoms with van der Waals surface area (Å²) in [5.41, 5.74) is 1.32. The van der Waals surface area contributed by atoms with Gasteiger partial charge in [-0.2, -0.15) is 0 Å². The second-order valence-electron chi connectivity index (χ2n) is 4.16. The van der Waals surface area contributed by atoms with Crippen molar-refractivity contribution in [2.45, 2.75) is 20.0 Å². The topological polar surface area (TPSA) is 61.6 Å². The zero-order valence-electron chi connectivity index (χ0n) is 11.0. The van der Waals surface area contributed by atoms with Crippen LogP contribution in [0.1, 0.15) is 34.8 Å². The Morgan fingerprint density at radius 3 is 2.68 bits per heavy atom. The first-order valence-corrected chi connectivity index (χ1v) is 5.87. The van der Waals surface area contributed by atoms with Gasteiger partial charge < -0.3 is 14.0 Å². The molecule has 0 bridgehead atoms. The molecule has 0 amide bonds. The first kappa shape index (κ1) is 13.1. The molecule has 0 spiro atoms. The van der Waals surface area contributed by atoms with E-state index >= 15 is 0 Å². The van der Waals surface area contributed by atoms with Crippen LogP contribution < -0.4 is 9.47 Å². The van der Waals surface area contributed by atoms with Crippen molar-refractivity contribution in [3.63, 3.8) is 0 Å². The summed E-state index contributed by atoms with van der Waals surface area (Å²) in [6.07, 6.45) is 0.437. The van der Waals surface area contributed by atoms with Crippen LogP contribution in [0.25, 0.3) is 0 Å². The lowest BCUT2D eigenvalue weighted by Gasteiger charge is -2.14. The minimum atomic E-state index is -0.322. The molecule has 2 rings (SSSR count). The maximum atomic E-state index is 10.8. The van der Waals surface area contributed by atoms with E-state index in [0.717, 1.165) is 12.0 Å². The Kier molecular flexibility index (Phi) is 3.85. The Bertz CT molecular complexity index is 577. The molecule has 19 heavy (non-hydrogen) atoms. The Labute approximate surface area is 111 Å². The van der Waals surface area contributed by atoms with Gasteiger partial charge in [-0.25, -0.2) is 0 Å². The Hall–Kier alpha value is -2.30. The van der Waals surface area contributed by atoms with E-state index in [1.54, 1.807) is 31.4 Å². The number of ether oxygens (including phenoxy) is 2. The van der Waals surface area contributed by atoms with Crippen molar-refractivity contribution >= 4 is 6.29 Å². The van der Waals surface area contributed by atoms with Gasteiger partial charge in [0.2, 0.25) is 0 Å². The highest BCUT2D eigenvalue weighted by Crippen LogP contribution is 2.31. The van der Waals surface area contributed by atoms with Gasteiger partial charge in [0.1, 0.15) is 6.29 Å². The van der Waals surface area contributed by atoms with Gasteiger partial charge >= 0.3 is 0 Å². The summed E-state index contributed by atoms with van der Waals surface area (Å²) in [5, 5.41) is 3.81. The molecule has 0 fully saturated rings. The number of hydrogen-bond acceptors (Lipinski definition) is 5. The van der Waals surface area contributed by atoms with E-state index in [0.29, 0.717) is 22.8 Å². The van der Waals surface area contributed by atoms with Crippen LogP contribution in [0.4, 0.5) is 0 Å². The monoisotopic (exact) mass is 261 g/mol. The summed E-state index contributed by atoms with van der Waals surface area (Å²) in [5.74, 6) is 1.68. The lowest BCUT2D eigenvalue weighted by atomic mass is 10.2. The summed E-state index contributed by atoms with van der Waals surface area (Å²) >= 11 is 0. The van der Waals surface area contributed by atoms with E-state index in [4.69, 9.17) is 14.0 Å². The van der Waals surface area contributed by atoms with E-state index in [1.165, 1.54) is 0 Å². The lowest BCUT2D eigenvalue weighted by molar-refractivity contribution is 0.112. The van der Waals surface area contributed by atoms with Crippen molar-refractivity contribution in [2.24, 2.45) is 0 Å². The Morgan fingerprint density at radius 1 is 1.32 bits per heavy atom. The van der Waals surface area contributed by atoms with E-state index in [9.17, 15) is 4.79 Å². The van der Waals surface area contributed by atoms with Crippen LogP contribution in [0.3, 0.4) is 0 Å². The van der Waals surface area contributed by atoms with Crippen LogP contribution in [0.15, 0.2) is 28.8 Å². The van der Waals surface area contributed by atoms with Gasteiger partial charge in [-0.1, -0.05) is 5.16 Å². The number of carbonyl (C=O) groups is 1. The zero-order chi connectivity index (χ0) is 13.8. The van der Waals surface area contributed by atoms with E-state index < -0.39 is 0 Å². The van der Waals surface area contributed by atoms with Gasteiger partial charge in [0.15, 0.2) is 23.4 Å². The molecule has 2 aromatic rings. The zero-order valence-corrected chi connectivity index (χ0v) is 11.0. The van der Waals surface area contributed by atoms with E-state index in [1.807, 2.05) is 13.8 Å². The van der Waals surface area contributed by atoms with Crippen LogP contribution in [0, 0.1) is 6.92 Å². The molecule has 0 N–H and O–H groups in total. The Morgan fingerprint density at radius 2 is 2.11 bits per heavy atom. The number of methoxy groups -OCH3 is 1. The molecule has 5 nitrogen and oxygen atoms in total. The first-order valence-electron chi connectivity index (χ1n) is 5.87. The van der Waals surface area contributed by atoms with Crippen LogP contribution in [-0.4, -0.2) is 18.6 Å². The molecule has 1 aromatic carbocycles. The van der Waals surface area contributed by atoms with Crippen molar-refractivity contribution < 1.29 is 18.8 Å². The van der Waals surface area contributed by atoms with Crippen LogP contribution in [-0.2, 0) is 0 Å². The van der Waals surface area contributed by atoms with E-state index in [2.05, 4.69) is 5.16 Å². The molecule has 0 saturated carbocycles. The summed E-state index contributed by atoms with van der Waals surface area (Å²) in [6.45, 7) is 3.68. The predicted octanol–water partition coefficient (Wildman–Crippen LogP) is 2.94. The van der Waals surface area contributed by atoms with Gasteiger partial charge in [0, 0.05) is 11.6 Å². The maximum absolute atomic E-state index is 10.8. The number of carbonyl (C=O) groups excluding carboxylic acids is 1. The summed E-state index contributed by atoms with van der Waals surface area (Å²) < 4.78 is 16.1. The fourth-order valence-corrected chi connectivity index (χ4v) is 1.68. The fraction of sp³-hybridized carbons (Fsp3) is 0.286. The highest BCUT2D eigenvalue weighted by Gasteiger charge is 2.15. The van der Waals surface area contributed by atoms with Gasteiger partial charge in [-0.3, -0.25) is 4.79 Å². The van der Waals surface area contributed by atoms with E-state index in [-0.39, 0.29) is 6.10 Å². The molecule has 1 aromatic heterocycles. The molecule has 100 valence electrons. The molecule has 1 atom stereocenters. The van der Waals surface area contributed by atoms with Crippen LogP contribution >= 0.6 is 0 Å². The molecule has 1 heterocycles. The summed E-state index contributed by atoms with van der Waals surface area (Å²) in [4.78, 5) is 10.8. The quantitative estimate of drug-likeness (QED) is 0.774. The summed E-state index contributed by atoms with van der Waals surface area (Å²) in [7, 11) is 1.55. The molecule has 0 saturated heterocycles. The number of aldehydes is 1. The molecule has 0 radical (unpaired) electrons. The van der Waals surface area contributed by atoms with Crippen molar-refractivity contribution in [2.75, 3.05) is 7.11 Å². The van der Waals surface area contributed by atoms with Gasteiger partial charge in [-0.05, 0) is 32.0 Å². The summed E-state index contributed by atoms with van der Waals surface area (Å²) in [6, 6.07) is 6.80. The third kappa shape index (κ3) is 2.93. The number of aromatic nitrogens is 1. The lowest BCUT2D eigenvalue weighted by Crippen LogP contribution is -2.03. The first-order chi connectivity index (χ1) is 9.13. The second kappa shape index (κ2) is 5.56. The fourth-order valence-electron chi connectivity index (χ4n) is 1.68. The van der Waals surface area contributed by atoms with Crippen molar-refractivity contribution in [3.8, 4) is 11.5 Å². The minimum Gasteiger partial charge on any atom is -0.493 e. The molecule has 0 aliphatic heterocycles. The average Bonchev–Trinajstić information content (AvgIpc) is 2.85. The minimum absolute atomic E-state index is 0.322. The molecule has 1 unspecified atom stereocenters. The molecular weight excluding hydrogens is 246 g/mol. The van der Waals surface area contributed by atoms with Gasteiger partial charge in [-0.15, -0.1) is 0 Å². The molecule has 5 heteroatoms. The SMILES string of the molecule is COc1ccc(C=O)cc1OC(C)c1cc(C)no1. The standard InChI is InChI=1S/C14H15NO4/c1-9-6-13(19-15-9)10(2)18-14-7-11(8-16)4-5-12(14)17-3/h4-8,10H,1-3H3. The van der Waals surface area contributed by atoms with Crippen molar-refractivity contribution in [1.29, 1.82) is 0 Å². The van der Waals surface area contributed by atoms with Crippen LogP contribution in [0.5, 0.6) is 11.5 Å². The van der Waals surface area contributed by atoms with Gasteiger partial charge in [0.25, 0.3) is 0 Å². The molecule has 0 aliphatic carbocycles. The average molecular weight is 261 g/mol. The number of aryl methyl sites for hydroxylation is 1. The highest BCUT2D eigenvalue weighted by molar-refractivity contribution is 5.76. The normalized spacial score (nSPS) is 11.9. The Balaban J connectivity index is 2.24. The third-order valence-electron chi connectivity index (χ3n) is 2.67. The number of hydrogen-bond donors (Lipinski definition) is 0. The third-order valence-corrected chi connectivity index (χ3v) is 2.67. The predicted molar refractivity (Wildman–Crippen MR) is 68.7 cm³/mol. The van der Waals surface area contributed by atoms with Crippen molar-refractivity contribution in [1.82, 2.24) is 5.16 Å². The van der Waals surface area contributed by atoms with Crippen LogP contribution in [0.2, 0.25) is 0 Å². The maximum Gasteiger partial charge on any atom is 0.177 e. The van der Waals surface area contributed by atoms with Gasteiger partial charge in [0.05, 0.1) is 12.8 Å². The number of rotatable bonds is 5. The van der Waals surface area contributed by atoms with Crippen molar-refractivity contribution in [3.05, 3.63) is 41.3 Å². The largest absolute Gasteiger partial charge is 0.493 e. The molecular formula is C14H15NO4. The number of benzene rings is 1. The smallest absolute Gasteiger partial charge is 0.177 e. The second-order valence-corrected chi connectivity index (χ2v) is 4.16. The number of nitrogens with zero attached hydrogens (tertiary/aromatic N) is 1.